The average molecular weight is 271 g/mol. The number of carbonyl (C=O) groups excluding carboxylic acids is 1. The summed E-state index contributed by atoms with van der Waals surface area (Å²) in [6, 6.07) is 1.50. The van der Waals surface area contributed by atoms with E-state index < -0.39 is 10.8 Å². The molecule has 18 heavy (non-hydrogen) atoms. The van der Waals surface area contributed by atoms with E-state index in [-0.39, 0.29) is 11.0 Å². The summed E-state index contributed by atoms with van der Waals surface area (Å²) in [4.78, 5) is 23.3. The third-order valence-electron chi connectivity index (χ3n) is 2.68. The van der Waals surface area contributed by atoms with Crippen LogP contribution in [0.15, 0.2) is 10.9 Å². The van der Waals surface area contributed by atoms with E-state index in [4.69, 9.17) is 11.6 Å². The Bertz CT molecular complexity index is 501. The molecule has 1 rings (SSSR count). The molecule has 1 heterocycles. The van der Waals surface area contributed by atoms with Gasteiger partial charge in [0.2, 0.25) is 0 Å². The molecule has 0 amide bonds. The summed E-state index contributed by atoms with van der Waals surface area (Å²) in [5.74, 6) is 0. The molecule has 0 N–H and O–H groups in total. The summed E-state index contributed by atoms with van der Waals surface area (Å²) in [5.41, 5.74) is 0.0642. The predicted molar refractivity (Wildman–Crippen MR) is 72.3 cm³/mol. The lowest BCUT2D eigenvalue weighted by atomic mass is 9.91. The lowest BCUT2D eigenvalue weighted by molar-refractivity contribution is 0.107. The number of aromatic nitrogens is 2. The summed E-state index contributed by atoms with van der Waals surface area (Å²) in [6.45, 7) is 8.48. The lowest BCUT2D eigenvalue weighted by Crippen LogP contribution is -2.31. The van der Waals surface area contributed by atoms with Crippen molar-refractivity contribution in [1.82, 2.24) is 9.78 Å². The number of halogens is 1. The Morgan fingerprint density at radius 2 is 2.06 bits per heavy atom. The van der Waals surface area contributed by atoms with Crippen LogP contribution in [0.1, 0.15) is 56.6 Å². The van der Waals surface area contributed by atoms with Gasteiger partial charge < -0.3 is 0 Å². The van der Waals surface area contributed by atoms with Crippen LogP contribution < -0.4 is 5.56 Å². The van der Waals surface area contributed by atoms with Gasteiger partial charge in [0.1, 0.15) is 5.56 Å². The SMILES string of the molecule is CCCCn1nc(C(C)(C)C)cc(C(=O)Cl)c1=O. The fourth-order valence-corrected chi connectivity index (χ4v) is 1.64. The highest BCUT2D eigenvalue weighted by Gasteiger charge is 2.21. The summed E-state index contributed by atoms with van der Waals surface area (Å²) in [6.07, 6.45) is 1.80. The Morgan fingerprint density at radius 1 is 1.44 bits per heavy atom. The summed E-state index contributed by atoms with van der Waals surface area (Å²) >= 11 is 5.46. The highest BCUT2D eigenvalue weighted by molar-refractivity contribution is 6.67. The van der Waals surface area contributed by atoms with Crippen molar-refractivity contribution < 1.29 is 4.79 Å². The molecule has 1 aromatic rings. The van der Waals surface area contributed by atoms with E-state index in [1.54, 1.807) is 0 Å². The summed E-state index contributed by atoms with van der Waals surface area (Å²) < 4.78 is 1.35. The Kier molecular flexibility index (Phi) is 4.68. The molecule has 4 nitrogen and oxygen atoms in total. The van der Waals surface area contributed by atoms with E-state index in [0.717, 1.165) is 12.8 Å². The van der Waals surface area contributed by atoms with E-state index in [1.807, 2.05) is 27.7 Å². The highest BCUT2D eigenvalue weighted by atomic mass is 35.5. The topological polar surface area (TPSA) is 52.0 Å². The maximum Gasteiger partial charge on any atom is 0.278 e. The first-order chi connectivity index (χ1) is 8.27. The number of unbranched alkanes of at least 4 members (excludes halogenated alkanes) is 1. The fraction of sp³-hybridized carbons (Fsp3) is 0.615. The largest absolute Gasteiger partial charge is 0.278 e. The molecule has 0 fully saturated rings. The van der Waals surface area contributed by atoms with Crippen molar-refractivity contribution in [1.29, 1.82) is 0 Å². The fourth-order valence-electron chi connectivity index (χ4n) is 1.51. The molecule has 0 bridgehead atoms. The van der Waals surface area contributed by atoms with E-state index in [9.17, 15) is 9.59 Å². The standard InChI is InChI=1S/C13H19ClN2O2/c1-5-6-7-16-12(18)9(11(14)17)8-10(15-16)13(2,3)4/h8H,5-7H2,1-4H3. The summed E-state index contributed by atoms with van der Waals surface area (Å²) in [7, 11) is 0. The number of hydrogen-bond donors (Lipinski definition) is 0. The minimum absolute atomic E-state index is 0.00712. The van der Waals surface area contributed by atoms with Gasteiger partial charge in [-0.1, -0.05) is 34.1 Å². The van der Waals surface area contributed by atoms with E-state index in [1.165, 1.54) is 10.7 Å². The third-order valence-corrected chi connectivity index (χ3v) is 2.88. The molecule has 0 spiro atoms. The number of hydrogen-bond acceptors (Lipinski definition) is 3. The molecule has 5 heteroatoms. The number of aryl methyl sites for hydroxylation is 1. The third kappa shape index (κ3) is 3.42. The van der Waals surface area contributed by atoms with Crippen molar-refractivity contribution in [2.45, 2.75) is 52.5 Å². The number of nitrogens with zero attached hydrogens (tertiary/aromatic N) is 2. The van der Waals surface area contributed by atoms with Gasteiger partial charge in [0, 0.05) is 12.0 Å². The predicted octanol–water partition coefficient (Wildman–Crippen LogP) is 2.72. The Hall–Kier alpha value is -1.16. The number of carbonyl (C=O) groups is 1. The van der Waals surface area contributed by atoms with Crippen molar-refractivity contribution >= 4 is 16.8 Å². The number of rotatable bonds is 4. The molecule has 0 aliphatic carbocycles. The van der Waals surface area contributed by atoms with Crippen LogP contribution >= 0.6 is 11.6 Å². The van der Waals surface area contributed by atoms with E-state index in [0.29, 0.717) is 12.2 Å². The van der Waals surface area contributed by atoms with E-state index in [2.05, 4.69) is 5.10 Å². The van der Waals surface area contributed by atoms with Crippen molar-refractivity contribution in [3.05, 3.63) is 27.7 Å². The molecular weight excluding hydrogens is 252 g/mol. The van der Waals surface area contributed by atoms with E-state index >= 15 is 0 Å². The molecule has 0 unspecified atom stereocenters. The molecule has 0 saturated carbocycles. The monoisotopic (exact) mass is 270 g/mol. The van der Waals surface area contributed by atoms with Gasteiger partial charge in [0.25, 0.3) is 10.8 Å². The molecule has 0 radical (unpaired) electrons. The van der Waals surface area contributed by atoms with Crippen LogP contribution in [0.5, 0.6) is 0 Å². The zero-order chi connectivity index (χ0) is 13.9. The Morgan fingerprint density at radius 3 is 2.50 bits per heavy atom. The zero-order valence-corrected chi connectivity index (χ0v) is 12.0. The molecule has 1 aromatic heterocycles. The van der Waals surface area contributed by atoms with Crippen LogP contribution in [-0.2, 0) is 12.0 Å². The van der Waals surface area contributed by atoms with Crippen LogP contribution in [0.2, 0.25) is 0 Å². The smallest absolute Gasteiger partial charge is 0.275 e. The van der Waals surface area contributed by atoms with Gasteiger partial charge in [-0.25, -0.2) is 4.68 Å². The van der Waals surface area contributed by atoms with Crippen molar-refractivity contribution in [2.24, 2.45) is 0 Å². The van der Waals surface area contributed by atoms with Gasteiger partial charge in [0.05, 0.1) is 5.69 Å². The van der Waals surface area contributed by atoms with Crippen molar-refractivity contribution in [3.8, 4) is 0 Å². The maximum absolute atomic E-state index is 12.0. The van der Waals surface area contributed by atoms with Crippen molar-refractivity contribution in [2.75, 3.05) is 0 Å². The molecule has 0 aliphatic rings. The van der Waals surface area contributed by atoms with Gasteiger partial charge in [-0.05, 0) is 24.1 Å². The van der Waals surface area contributed by atoms with Gasteiger partial charge in [-0.2, -0.15) is 5.10 Å². The van der Waals surface area contributed by atoms with Crippen LogP contribution in [0.3, 0.4) is 0 Å². The van der Waals surface area contributed by atoms with Gasteiger partial charge in [0.15, 0.2) is 0 Å². The minimum atomic E-state index is -0.724. The van der Waals surface area contributed by atoms with Gasteiger partial charge in [-0.3, -0.25) is 9.59 Å². The van der Waals surface area contributed by atoms with Crippen LogP contribution in [0.25, 0.3) is 0 Å². The highest BCUT2D eigenvalue weighted by Crippen LogP contribution is 2.19. The van der Waals surface area contributed by atoms with Gasteiger partial charge in [-0.15, -0.1) is 0 Å². The van der Waals surface area contributed by atoms with Gasteiger partial charge >= 0.3 is 0 Å². The molecule has 0 aliphatic heterocycles. The Balaban J connectivity index is 3.37. The maximum atomic E-state index is 12.0. The average Bonchev–Trinajstić information content (AvgIpc) is 2.25. The van der Waals surface area contributed by atoms with Crippen LogP contribution in [0.4, 0.5) is 0 Å². The summed E-state index contributed by atoms with van der Waals surface area (Å²) in [5, 5.41) is 3.59. The zero-order valence-electron chi connectivity index (χ0n) is 11.3. The second-order valence-electron chi connectivity index (χ2n) is 5.35. The van der Waals surface area contributed by atoms with Crippen LogP contribution in [0, 0.1) is 0 Å². The second kappa shape index (κ2) is 5.65. The minimum Gasteiger partial charge on any atom is -0.275 e. The van der Waals surface area contributed by atoms with Crippen LogP contribution in [-0.4, -0.2) is 15.0 Å². The first-order valence-corrected chi connectivity index (χ1v) is 6.47. The first-order valence-electron chi connectivity index (χ1n) is 6.10. The second-order valence-corrected chi connectivity index (χ2v) is 5.69. The first kappa shape index (κ1) is 14.9. The molecular formula is C13H19ClN2O2. The lowest BCUT2D eigenvalue weighted by Gasteiger charge is -2.19. The Labute approximate surface area is 112 Å². The normalized spacial score (nSPS) is 11.6. The molecule has 0 atom stereocenters. The van der Waals surface area contributed by atoms with Crippen molar-refractivity contribution in [3.63, 3.8) is 0 Å². The quantitative estimate of drug-likeness (QED) is 0.791. The molecule has 0 aromatic carbocycles. The molecule has 100 valence electrons. The molecule has 0 saturated heterocycles.